The summed E-state index contributed by atoms with van der Waals surface area (Å²) < 4.78 is 5.45. The summed E-state index contributed by atoms with van der Waals surface area (Å²) in [5.41, 5.74) is 4.30. The molecular weight excluding hydrogens is 248 g/mol. The topological polar surface area (TPSA) is 47.3 Å². The first-order valence-corrected chi connectivity index (χ1v) is 7.72. The van der Waals surface area contributed by atoms with Crippen molar-refractivity contribution in [3.8, 4) is 5.75 Å². The fourth-order valence-corrected chi connectivity index (χ4v) is 3.81. The number of ether oxygens (including phenoxy) is 1. The Labute approximate surface area is 122 Å². The molecule has 3 N–H and O–H groups in total. The average Bonchev–Trinajstić information content (AvgIpc) is 2.44. The lowest BCUT2D eigenvalue weighted by molar-refractivity contribution is 0.175. The van der Waals surface area contributed by atoms with Gasteiger partial charge in [0.25, 0.3) is 0 Å². The molecular formula is C17H28N2O. The first-order valence-electron chi connectivity index (χ1n) is 7.72. The Morgan fingerprint density at radius 2 is 1.85 bits per heavy atom. The Morgan fingerprint density at radius 1 is 1.20 bits per heavy atom. The molecule has 0 amide bonds. The Bertz CT molecular complexity index is 411. The lowest BCUT2D eigenvalue weighted by Gasteiger charge is -2.36. The zero-order valence-corrected chi connectivity index (χ0v) is 12.9. The third kappa shape index (κ3) is 3.74. The van der Waals surface area contributed by atoms with Crippen LogP contribution in [-0.2, 0) is 6.42 Å². The van der Waals surface area contributed by atoms with Crippen molar-refractivity contribution < 1.29 is 4.74 Å². The molecule has 1 saturated carbocycles. The molecule has 0 radical (unpaired) electrons. The summed E-state index contributed by atoms with van der Waals surface area (Å²) in [7, 11) is 1.73. The van der Waals surface area contributed by atoms with Gasteiger partial charge in [0.15, 0.2) is 0 Å². The van der Waals surface area contributed by atoms with Gasteiger partial charge in [-0.1, -0.05) is 32.0 Å². The molecule has 1 aliphatic rings. The third-order valence-corrected chi connectivity index (χ3v) is 4.63. The number of methoxy groups -OCH3 is 1. The maximum atomic E-state index is 5.84. The highest BCUT2D eigenvalue weighted by atomic mass is 16.5. The lowest BCUT2D eigenvalue weighted by atomic mass is 9.73. The standard InChI is InChI=1S/C17H28N2O/c1-12-8-13(2)10-15(9-12)16(19-18)11-14-6-4-5-7-17(14)20-3/h4-7,12-13,15-16,19H,8-11,18H2,1-3H3. The van der Waals surface area contributed by atoms with E-state index in [9.17, 15) is 0 Å². The molecule has 0 aromatic heterocycles. The molecule has 112 valence electrons. The monoisotopic (exact) mass is 276 g/mol. The average molecular weight is 276 g/mol. The number of benzene rings is 1. The number of hydrogen-bond donors (Lipinski definition) is 2. The predicted octanol–water partition coefficient (Wildman–Crippen LogP) is 3.14. The summed E-state index contributed by atoms with van der Waals surface area (Å²) in [6.07, 6.45) is 4.83. The second-order valence-corrected chi connectivity index (χ2v) is 6.47. The van der Waals surface area contributed by atoms with Crippen molar-refractivity contribution in [2.24, 2.45) is 23.6 Å². The van der Waals surface area contributed by atoms with Crippen LogP contribution in [-0.4, -0.2) is 13.2 Å². The highest BCUT2D eigenvalue weighted by Crippen LogP contribution is 2.36. The van der Waals surface area contributed by atoms with E-state index >= 15 is 0 Å². The number of para-hydroxylation sites is 1. The van der Waals surface area contributed by atoms with E-state index < -0.39 is 0 Å². The second-order valence-electron chi connectivity index (χ2n) is 6.47. The molecule has 1 aromatic rings. The molecule has 0 bridgehead atoms. The van der Waals surface area contributed by atoms with Crippen LogP contribution in [0.5, 0.6) is 5.75 Å². The molecule has 0 aliphatic heterocycles. The van der Waals surface area contributed by atoms with E-state index in [1.54, 1.807) is 7.11 Å². The lowest BCUT2D eigenvalue weighted by Crippen LogP contribution is -2.44. The number of hydrogen-bond acceptors (Lipinski definition) is 3. The Hall–Kier alpha value is -1.06. The van der Waals surface area contributed by atoms with Gasteiger partial charge in [-0.25, -0.2) is 0 Å². The van der Waals surface area contributed by atoms with Crippen LogP contribution in [0.25, 0.3) is 0 Å². The summed E-state index contributed by atoms with van der Waals surface area (Å²) in [4.78, 5) is 0. The van der Waals surface area contributed by atoms with Gasteiger partial charge in [-0.15, -0.1) is 0 Å². The summed E-state index contributed by atoms with van der Waals surface area (Å²) in [6, 6.07) is 8.57. The Kier molecular flexibility index (Phi) is 5.44. The van der Waals surface area contributed by atoms with Gasteiger partial charge in [-0.2, -0.15) is 0 Å². The van der Waals surface area contributed by atoms with Crippen LogP contribution in [0.3, 0.4) is 0 Å². The first-order chi connectivity index (χ1) is 9.63. The van der Waals surface area contributed by atoms with Gasteiger partial charge in [0.05, 0.1) is 7.11 Å². The Balaban J connectivity index is 2.08. The smallest absolute Gasteiger partial charge is 0.122 e. The Morgan fingerprint density at radius 3 is 2.45 bits per heavy atom. The minimum absolute atomic E-state index is 0.330. The van der Waals surface area contributed by atoms with E-state index in [-0.39, 0.29) is 0 Å². The van der Waals surface area contributed by atoms with E-state index in [1.807, 2.05) is 12.1 Å². The van der Waals surface area contributed by atoms with E-state index in [0.29, 0.717) is 12.0 Å². The predicted molar refractivity (Wildman–Crippen MR) is 83.5 cm³/mol. The van der Waals surface area contributed by atoms with Crippen molar-refractivity contribution >= 4 is 0 Å². The van der Waals surface area contributed by atoms with Gasteiger partial charge in [0, 0.05) is 6.04 Å². The highest BCUT2D eigenvalue weighted by Gasteiger charge is 2.30. The van der Waals surface area contributed by atoms with E-state index in [4.69, 9.17) is 10.6 Å². The summed E-state index contributed by atoms with van der Waals surface area (Å²) in [5, 5.41) is 0. The second kappa shape index (κ2) is 7.09. The summed E-state index contributed by atoms with van der Waals surface area (Å²) in [5.74, 6) is 9.07. The summed E-state index contributed by atoms with van der Waals surface area (Å²) >= 11 is 0. The van der Waals surface area contributed by atoms with Gasteiger partial charge in [-0.3, -0.25) is 11.3 Å². The number of nitrogens with two attached hydrogens (primary N) is 1. The largest absolute Gasteiger partial charge is 0.496 e. The van der Waals surface area contributed by atoms with E-state index in [0.717, 1.165) is 24.0 Å². The van der Waals surface area contributed by atoms with Crippen molar-refractivity contribution in [2.45, 2.75) is 45.6 Å². The molecule has 3 atom stereocenters. The molecule has 3 unspecified atom stereocenters. The number of rotatable bonds is 5. The highest BCUT2D eigenvalue weighted by molar-refractivity contribution is 5.33. The molecule has 0 heterocycles. The van der Waals surface area contributed by atoms with Gasteiger partial charge in [-0.05, 0) is 55.1 Å². The third-order valence-electron chi connectivity index (χ3n) is 4.63. The molecule has 3 nitrogen and oxygen atoms in total. The fraction of sp³-hybridized carbons (Fsp3) is 0.647. The van der Waals surface area contributed by atoms with Crippen LogP contribution in [0.15, 0.2) is 24.3 Å². The van der Waals surface area contributed by atoms with Crippen LogP contribution in [0.4, 0.5) is 0 Å². The van der Waals surface area contributed by atoms with Crippen molar-refractivity contribution in [1.82, 2.24) is 5.43 Å². The van der Waals surface area contributed by atoms with Gasteiger partial charge < -0.3 is 4.74 Å². The van der Waals surface area contributed by atoms with Crippen LogP contribution < -0.4 is 16.0 Å². The molecule has 1 aromatic carbocycles. The van der Waals surface area contributed by atoms with Crippen LogP contribution in [0.1, 0.15) is 38.7 Å². The molecule has 1 aliphatic carbocycles. The van der Waals surface area contributed by atoms with Gasteiger partial charge in [0.2, 0.25) is 0 Å². The van der Waals surface area contributed by atoms with E-state index in [2.05, 4.69) is 31.4 Å². The maximum absolute atomic E-state index is 5.84. The SMILES string of the molecule is COc1ccccc1CC(NN)C1CC(C)CC(C)C1. The number of hydrazine groups is 1. The quantitative estimate of drug-likeness (QED) is 0.641. The van der Waals surface area contributed by atoms with Crippen LogP contribution >= 0.6 is 0 Å². The fourth-order valence-electron chi connectivity index (χ4n) is 3.81. The minimum atomic E-state index is 0.330. The molecule has 0 spiro atoms. The van der Waals surface area contributed by atoms with Gasteiger partial charge in [0.1, 0.15) is 5.75 Å². The van der Waals surface area contributed by atoms with Crippen LogP contribution in [0, 0.1) is 17.8 Å². The molecule has 1 fully saturated rings. The normalized spacial score (nSPS) is 28.1. The van der Waals surface area contributed by atoms with Crippen molar-refractivity contribution in [3.63, 3.8) is 0 Å². The first kappa shape index (κ1) is 15.3. The maximum Gasteiger partial charge on any atom is 0.122 e. The number of nitrogens with one attached hydrogen (secondary N) is 1. The molecule has 3 heteroatoms. The van der Waals surface area contributed by atoms with Crippen molar-refractivity contribution in [1.29, 1.82) is 0 Å². The minimum Gasteiger partial charge on any atom is -0.496 e. The zero-order valence-electron chi connectivity index (χ0n) is 12.9. The molecule has 0 saturated heterocycles. The van der Waals surface area contributed by atoms with E-state index in [1.165, 1.54) is 24.8 Å². The van der Waals surface area contributed by atoms with Crippen LogP contribution in [0.2, 0.25) is 0 Å². The molecule has 2 rings (SSSR count). The summed E-state index contributed by atoms with van der Waals surface area (Å²) in [6.45, 7) is 4.72. The van der Waals surface area contributed by atoms with Crippen molar-refractivity contribution in [3.05, 3.63) is 29.8 Å². The zero-order chi connectivity index (χ0) is 14.5. The van der Waals surface area contributed by atoms with Crippen molar-refractivity contribution in [2.75, 3.05) is 7.11 Å². The van der Waals surface area contributed by atoms with Gasteiger partial charge >= 0.3 is 0 Å². The molecule has 20 heavy (non-hydrogen) atoms.